The summed E-state index contributed by atoms with van der Waals surface area (Å²) in [5.41, 5.74) is -1.01. The second kappa shape index (κ2) is 9.20. The van der Waals surface area contributed by atoms with E-state index >= 15 is 0 Å². The average Bonchev–Trinajstić information content (AvgIpc) is 2.99. The number of anilines is 1. The van der Waals surface area contributed by atoms with Gasteiger partial charge in [0, 0.05) is 17.3 Å². The van der Waals surface area contributed by atoms with E-state index in [-0.39, 0.29) is 17.2 Å². The van der Waals surface area contributed by atoms with E-state index < -0.39 is 46.8 Å². The van der Waals surface area contributed by atoms with Gasteiger partial charge in [0.2, 0.25) is 5.78 Å². The van der Waals surface area contributed by atoms with Crippen LogP contribution in [0.4, 0.5) is 24.5 Å². The number of hydrogen-bond donors (Lipinski definition) is 2. The quantitative estimate of drug-likeness (QED) is 0.266. The van der Waals surface area contributed by atoms with Gasteiger partial charge in [-0.25, -0.2) is 4.79 Å². The Bertz CT molecular complexity index is 1090. The highest BCUT2D eigenvalue weighted by molar-refractivity contribution is 6.04. The van der Waals surface area contributed by atoms with Crippen molar-refractivity contribution in [1.82, 2.24) is 4.98 Å². The van der Waals surface area contributed by atoms with Gasteiger partial charge in [0.1, 0.15) is 11.7 Å². The number of rotatable bonds is 8. The second-order valence-electron chi connectivity index (χ2n) is 7.06. The number of aromatic amines is 1. The van der Waals surface area contributed by atoms with Gasteiger partial charge in [-0.15, -0.1) is 0 Å². The molecule has 1 aromatic heterocycles. The number of aromatic nitrogens is 1. The van der Waals surface area contributed by atoms with Gasteiger partial charge in [0.05, 0.1) is 16.2 Å². The van der Waals surface area contributed by atoms with Crippen LogP contribution >= 0.6 is 0 Å². The second-order valence-corrected chi connectivity index (χ2v) is 7.06. The van der Waals surface area contributed by atoms with Crippen molar-refractivity contribution in [3.05, 3.63) is 56.4 Å². The number of nitro groups is 1. The lowest BCUT2D eigenvalue weighted by atomic mass is 10.1. The molecule has 0 spiro atoms. The molecule has 32 heavy (non-hydrogen) atoms. The fraction of sp³-hybridized carbons (Fsp3) is 0.350. The third-order valence-corrected chi connectivity index (χ3v) is 4.66. The highest BCUT2D eigenvalue weighted by atomic mass is 19.4. The highest BCUT2D eigenvalue weighted by Gasteiger charge is 2.33. The average molecular weight is 455 g/mol. The van der Waals surface area contributed by atoms with Crippen molar-refractivity contribution in [1.29, 1.82) is 0 Å². The number of alkyl halides is 3. The normalized spacial score (nSPS) is 12.2. The van der Waals surface area contributed by atoms with Crippen molar-refractivity contribution in [3.8, 4) is 0 Å². The van der Waals surface area contributed by atoms with E-state index in [2.05, 4.69) is 10.3 Å². The number of hydrogen-bond acceptors (Lipinski definition) is 7. The number of nitrogens with one attached hydrogen (secondary N) is 2. The lowest BCUT2D eigenvalue weighted by molar-refractivity contribution is -0.384. The lowest BCUT2D eigenvalue weighted by Crippen LogP contribution is -2.30. The summed E-state index contributed by atoms with van der Waals surface area (Å²) in [7, 11) is 0. The number of H-pyrrole nitrogens is 1. The summed E-state index contributed by atoms with van der Waals surface area (Å²) in [6, 6.07) is 0.620. The summed E-state index contributed by atoms with van der Waals surface area (Å²) in [5, 5.41) is 13.6. The molecule has 172 valence electrons. The van der Waals surface area contributed by atoms with Gasteiger partial charge in [-0.1, -0.05) is 0 Å². The molecule has 0 aliphatic rings. The number of nitro benzene ring substituents is 1. The maximum Gasteiger partial charge on any atom is 0.416 e. The maximum atomic E-state index is 12.8. The molecule has 0 aliphatic carbocycles. The van der Waals surface area contributed by atoms with E-state index in [9.17, 15) is 37.7 Å². The van der Waals surface area contributed by atoms with Crippen molar-refractivity contribution in [2.24, 2.45) is 0 Å². The standard InChI is InChI=1S/C20H20F3N3O6/c1-9-17(12(4)27)10(2)25-18(9)16(28)8-32-19(29)11(3)24-14-6-5-13(20(21,22)23)7-15(14)26(30)31/h5-7,11,24-25H,8H2,1-4H3. The van der Waals surface area contributed by atoms with Crippen LogP contribution in [-0.4, -0.2) is 40.1 Å². The number of ether oxygens (including phenoxy) is 1. The van der Waals surface area contributed by atoms with E-state index in [0.29, 0.717) is 29.0 Å². The molecule has 0 amide bonds. The highest BCUT2D eigenvalue weighted by Crippen LogP contribution is 2.35. The molecule has 0 bridgehead atoms. The number of nitrogens with zero attached hydrogens (tertiary/aromatic N) is 1. The molecule has 1 heterocycles. The lowest BCUT2D eigenvalue weighted by Gasteiger charge is -2.15. The summed E-state index contributed by atoms with van der Waals surface area (Å²) in [6.45, 7) is 5.15. The molecular weight excluding hydrogens is 435 g/mol. The number of halogens is 3. The molecule has 0 fully saturated rings. The molecule has 1 aromatic carbocycles. The number of aryl methyl sites for hydroxylation is 1. The fourth-order valence-electron chi connectivity index (χ4n) is 3.16. The van der Waals surface area contributed by atoms with Crippen LogP contribution in [0.25, 0.3) is 0 Å². The Morgan fingerprint density at radius 2 is 1.88 bits per heavy atom. The van der Waals surface area contributed by atoms with Crippen LogP contribution in [0.15, 0.2) is 18.2 Å². The Kier molecular flexibility index (Phi) is 7.06. The van der Waals surface area contributed by atoms with Crippen LogP contribution in [0.5, 0.6) is 0 Å². The van der Waals surface area contributed by atoms with Gasteiger partial charge in [0.25, 0.3) is 5.69 Å². The number of carbonyl (C=O) groups is 3. The number of benzene rings is 1. The zero-order valence-corrected chi connectivity index (χ0v) is 17.5. The third kappa shape index (κ3) is 5.31. The van der Waals surface area contributed by atoms with E-state index in [4.69, 9.17) is 4.74 Å². The maximum absolute atomic E-state index is 12.8. The first-order valence-electron chi connectivity index (χ1n) is 9.26. The van der Waals surface area contributed by atoms with Crippen LogP contribution in [0, 0.1) is 24.0 Å². The predicted molar refractivity (Wildman–Crippen MR) is 107 cm³/mol. The predicted octanol–water partition coefficient (Wildman–Crippen LogP) is 3.99. The molecule has 0 saturated carbocycles. The number of esters is 1. The first-order valence-corrected chi connectivity index (χ1v) is 9.26. The molecule has 0 aliphatic heterocycles. The molecule has 12 heteroatoms. The van der Waals surface area contributed by atoms with Gasteiger partial charge in [-0.05, 0) is 45.4 Å². The molecule has 0 radical (unpaired) electrons. The Labute approximate surface area is 180 Å². The van der Waals surface area contributed by atoms with Gasteiger partial charge in [-0.2, -0.15) is 13.2 Å². The molecule has 1 unspecified atom stereocenters. The smallest absolute Gasteiger partial charge is 0.416 e. The minimum atomic E-state index is -4.77. The molecule has 2 aromatic rings. The SMILES string of the molecule is CC(=O)c1c(C)[nH]c(C(=O)COC(=O)C(C)Nc2ccc(C(F)(F)F)cc2[N+](=O)[O-])c1C. The Balaban J connectivity index is 2.09. The largest absolute Gasteiger partial charge is 0.456 e. The number of Topliss-reactive ketones (excluding diaryl/α,β-unsaturated/α-hetero) is 2. The number of carbonyl (C=O) groups excluding carboxylic acids is 3. The summed E-state index contributed by atoms with van der Waals surface area (Å²) >= 11 is 0. The summed E-state index contributed by atoms with van der Waals surface area (Å²) in [6.07, 6.45) is -4.77. The van der Waals surface area contributed by atoms with Gasteiger partial charge in [0.15, 0.2) is 12.4 Å². The Hall–Kier alpha value is -3.70. The van der Waals surface area contributed by atoms with E-state index in [1.807, 2.05) is 0 Å². The van der Waals surface area contributed by atoms with Crippen LogP contribution in [0.2, 0.25) is 0 Å². The van der Waals surface area contributed by atoms with Gasteiger partial charge >= 0.3 is 12.1 Å². The number of ketones is 2. The van der Waals surface area contributed by atoms with Crippen molar-refractivity contribution < 1.29 is 37.2 Å². The van der Waals surface area contributed by atoms with Crippen molar-refractivity contribution in [2.75, 3.05) is 11.9 Å². The summed E-state index contributed by atoms with van der Waals surface area (Å²) < 4.78 is 43.3. The van der Waals surface area contributed by atoms with Crippen LogP contribution in [0.3, 0.4) is 0 Å². The van der Waals surface area contributed by atoms with Crippen molar-refractivity contribution >= 4 is 28.9 Å². The van der Waals surface area contributed by atoms with Crippen LogP contribution < -0.4 is 5.32 Å². The van der Waals surface area contributed by atoms with Crippen LogP contribution in [-0.2, 0) is 15.7 Å². The molecule has 2 rings (SSSR count). The minimum Gasteiger partial charge on any atom is -0.456 e. The molecule has 9 nitrogen and oxygen atoms in total. The van der Waals surface area contributed by atoms with E-state index in [1.165, 1.54) is 13.8 Å². The zero-order chi connectivity index (χ0) is 24.4. The molecular formula is C20H20F3N3O6. The minimum absolute atomic E-state index is 0.111. The van der Waals surface area contributed by atoms with E-state index in [0.717, 1.165) is 6.07 Å². The first kappa shape index (κ1) is 24.6. The molecule has 0 saturated heterocycles. The zero-order valence-electron chi connectivity index (χ0n) is 17.5. The molecule has 1 atom stereocenters. The Morgan fingerprint density at radius 1 is 1.25 bits per heavy atom. The van der Waals surface area contributed by atoms with E-state index in [1.54, 1.807) is 13.8 Å². The fourth-order valence-corrected chi connectivity index (χ4v) is 3.16. The summed E-state index contributed by atoms with van der Waals surface area (Å²) in [5.74, 6) is -1.79. The molecule has 2 N–H and O–H groups in total. The van der Waals surface area contributed by atoms with Crippen molar-refractivity contribution in [3.63, 3.8) is 0 Å². The van der Waals surface area contributed by atoms with Crippen molar-refractivity contribution in [2.45, 2.75) is 39.9 Å². The van der Waals surface area contributed by atoms with Gasteiger partial charge < -0.3 is 15.0 Å². The summed E-state index contributed by atoms with van der Waals surface area (Å²) in [4.78, 5) is 49.2. The third-order valence-electron chi connectivity index (χ3n) is 4.66. The van der Waals surface area contributed by atoms with Crippen LogP contribution in [0.1, 0.15) is 51.5 Å². The monoisotopic (exact) mass is 455 g/mol. The first-order chi connectivity index (χ1) is 14.7. The topological polar surface area (TPSA) is 131 Å². The van der Waals surface area contributed by atoms with Gasteiger partial charge in [-0.3, -0.25) is 19.7 Å². The Morgan fingerprint density at radius 3 is 2.38 bits per heavy atom.